The largest absolute Gasteiger partial charge is 0.354 e. The third-order valence-corrected chi connectivity index (χ3v) is 16.4. The zero-order valence-corrected chi connectivity index (χ0v) is 41.8. The van der Waals surface area contributed by atoms with Crippen molar-refractivity contribution in [2.24, 2.45) is 0 Å². The Balaban J connectivity index is 1.14. The molecule has 15 rings (SSSR count). The number of benzene rings is 10. The highest BCUT2D eigenvalue weighted by molar-refractivity contribution is 6.21. The molecule has 1 aliphatic rings. The first-order chi connectivity index (χ1) is 36.7. The van der Waals surface area contributed by atoms with Gasteiger partial charge in [0.25, 0.3) is 0 Å². The van der Waals surface area contributed by atoms with E-state index in [1.54, 1.807) is 0 Å². The molecule has 354 valence electrons. The van der Waals surface area contributed by atoms with Crippen LogP contribution in [0.2, 0.25) is 0 Å². The Hall–Kier alpha value is -9.82. The van der Waals surface area contributed by atoms with Gasteiger partial charge in [-0.15, -0.1) is 0 Å². The summed E-state index contributed by atoms with van der Waals surface area (Å²) in [5.74, 6) is 0. The number of rotatable bonds is 5. The van der Waals surface area contributed by atoms with Crippen LogP contribution in [0.1, 0.15) is 44.4 Å². The van der Waals surface area contributed by atoms with Crippen LogP contribution in [0, 0.1) is 17.9 Å². The average Bonchev–Trinajstić information content (AvgIpc) is 4.38. The molecule has 0 N–H and O–H groups in total. The highest BCUT2D eigenvalue weighted by atomic mass is 15.3. The maximum Gasteiger partial charge on any atom is 0.217 e. The summed E-state index contributed by atoms with van der Waals surface area (Å²) >= 11 is 0. The van der Waals surface area contributed by atoms with Gasteiger partial charge in [0.2, 0.25) is 5.69 Å². The van der Waals surface area contributed by atoms with Gasteiger partial charge < -0.3 is 23.2 Å². The van der Waals surface area contributed by atoms with Gasteiger partial charge >= 0.3 is 0 Å². The van der Waals surface area contributed by atoms with Crippen molar-refractivity contribution in [3.05, 3.63) is 240 Å². The molecule has 0 radical (unpaired) electrons. The van der Waals surface area contributed by atoms with Gasteiger partial charge in [0.05, 0.1) is 78.7 Å². The van der Waals surface area contributed by atoms with E-state index in [2.05, 4.69) is 274 Å². The standard InChI is InChI=1S/C68H47N7/c1-67(2)62-63(68(3,4)75(67)44-27-13-8-14-28-44)65(73-56-35-21-17-31-47(56)51-37-58-49(39-60(51)73)45-29-15-19-33-54(45)71(58)42-23-9-6-10-24-42)53(41-69)66(64(62)70-5)74-57-36-22-18-32-48(57)52-38-59-50(40-61(52)74)46-30-16-20-34-55(46)72(59)43-25-11-7-12-26-43/h6-40H,1-4H3. The second-order valence-electron chi connectivity index (χ2n) is 21.0. The Morgan fingerprint density at radius 2 is 0.680 bits per heavy atom. The minimum absolute atomic E-state index is 0.447. The summed E-state index contributed by atoms with van der Waals surface area (Å²) in [6.07, 6.45) is 0. The molecule has 0 fully saturated rings. The molecule has 4 aromatic heterocycles. The Morgan fingerprint density at radius 1 is 0.360 bits per heavy atom. The zero-order valence-electron chi connectivity index (χ0n) is 41.8. The molecule has 0 saturated heterocycles. The summed E-state index contributed by atoms with van der Waals surface area (Å²) in [5.41, 5.74) is 14.2. The molecule has 1 aliphatic heterocycles. The van der Waals surface area contributed by atoms with Crippen molar-refractivity contribution in [2.45, 2.75) is 38.8 Å². The molecule has 10 aromatic carbocycles. The first-order valence-electron chi connectivity index (χ1n) is 25.6. The molecule has 0 spiro atoms. The highest BCUT2D eigenvalue weighted by Gasteiger charge is 2.54. The van der Waals surface area contributed by atoms with E-state index >= 15 is 0 Å². The third kappa shape index (κ3) is 5.62. The number of hydrogen-bond donors (Lipinski definition) is 0. The van der Waals surface area contributed by atoms with Crippen molar-refractivity contribution < 1.29 is 0 Å². The molecular formula is C68H47N7. The zero-order chi connectivity index (χ0) is 50.5. The van der Waals surface area contributed by atoms with Gasteiger partial charge in [-0.25, -0.2) is 4.85 Å². The monoisotopic (exact) mass is 961 g/mol. The molecule has 0 atom stereocenters. The topological polar surface area (TPSA) is 51.1 Å². The summed E-state index contributed by atoms with van der Waals surface area (Å²) in [6.45, 7) is 18.5. The molecule has 7 nitrogen and oxygen atoms in total. The first-order valence-corrected chi connectivity index (χ1v) is 25.6. The Bertz CT molecular complexity index is 4840. The van der Waals surface area contributed by atoms with Crippen molar-refractivity contribution in [1.29, 1.82) is 5.26 Å². The second kappa shape index (κ2) is 15.4. The van der Waals surface area contributed by atoms with Gasteiger partial charge in [-0.05, 0) is 124 Å². The van der Waals surface area contributed by atoms with Gasteiger partial charge in [-0.1, -0.05) is 127 Å². The highest BCUT2D eigenvalue weighted by Crippen LogP contribution is 2.60. The summed E-state index contributed by atoms with van der Waals surface area (Å²) in [4.78, 5) is 7.13. The van der Waals surface area contributed by atoms with E-state index in [0.717, 1.165) is 121 Å². The first kappa shape index (κ1) is 42.8. The van der Waals surface area contributed by atoms with Crippen molar-refractivity contribution in [3.63, 3.8) is 0 Å². The smallest absolute Gasteiger partial charge is 0.217 e. The van der Waals surface area contributed by atoms with E-state index in [0.29, 0.717) is 16.9 Å². The molecule has 0 amide bonds. The molecule has 0 bridgehead atoms. The molecule has 0 aliphatic carbocycles. The lowest BCUT2D eigenvalue weighted by Crippen LogP contribution is -2.45. The van der Waals surface area contributed by atoms with Crippen LogP contribution in [0.3, 0.4) is 0 Å². The Labute approximate surface area is 433 Å². The van der Waals surface area contributed by atoms with Crippen LogP contribution >= 0.6 is 0 Å². The van der Waals surface area contributed by atoms with Crippen molar-refractivity contribution in [1.82, 2.24) is 18.3 Å². The maximum atomic E-state index is 12.4. The minimum Gasteiger partial charge on any atom is -0.354 e. The van der Waals surface area contributed by atoms with Gasteiger partial charge in [-0.2, -0.15) is 5.26 Å². The van der Waals surface area contributed by atoms with Gasteiger partial charge in [0, 0.05) is 60.2 Å². The van der Waals surface area contributed by atoms with E-state index in [1.807, 2.05) is 0 Å². The lowest BCUT2D eigenvalue weighted by Gasteiger charge is -2.43. The van der Waals surface area contributed by atoms with Crippen molar-refractivity contribution in [2.75, 3.05) is 4.90 Å². The van der Waals surface area contributed by atoms with Crippen LogP contribution in [0.25, 0.3) is 115 Å². The molecular weight excluding hydrogens is 915 g/mol. The van der Waals surface area contributed by atoms with Gasteiger partial charge in [-0.3, -0.25) is 0 Å². The van der Waals surface area contributed by atoms with Crippen LogP contribution in [-0.2, 0) is 11.1 Å². The fourth-order valence-electron chi connectivity index (χ4n) is 13.8. The number of anilines is 1. The van der Waals surface area contributed by atoms with Crippen LogP contribution in [0.5, 0.6) is 0 Å². The fraction of sp³-hybridized carbons (Fsp3) is 0.0882. The van der Waals surface area contributed by atoms with Gasteiger partial charge in [0.15, 0.2) is 0 Å². The summed E-state index contributed by atoms with van der Waals surface area (Å²) in [5, 5.41) is 21.1. The van der Waals surface area contributed by atoms with E-state index in [4.69, 9.17) is 0 Å². The van der Waals surface area contributed by atoms with E-state index in [-0.39, 0.29) is 0 Å². The fourth-order valence-corrected chi connectivity index (χ4v) is 13.8. The number of aromatic nitrogens is 4. The van der Waals surface area contributed by atoms with Crippen LogP contribution in [0.4, 0.5) is 11.4 Å². The van der Waals surface area contributed by atoms with Crippen LogP contribution in [0.15, 0.2) is 212 Å². The number of fused-ring (bicyclic) bond motifs is 13. The number of para-hydroxylation sites is 7. The predicted octanol–water partition coefficient (Wildman–Crippen LogP) is 17.5. The molecule has 75 heavy (non-hydrogen) atoms. The summed E-state index contributed by atoms with van der Waals surface area (Å²) < 4.78 is 9.35. The maximum absolute atomic E-state index is 12.4. The predicted molar refractivity (Wildman–Crippen MR) is 310 cm³/mol. The van der Waals surface area contributed by atoms with Crippen LogP contribution in [-0.4, -0.2) is 18.3 Å². The third-order valence-electron chi connectivity index (χ3n) is 16.4. The lowest BCUT2D eigenvalue weighted by atomic mass is 9.84. The van der Waals surface area contributed by atoms with E-state index in [9.17, 15) is 11.8 Å². The normalized spacial score (nSPS) is 14.0. The van der Waals surface area contributed by atoms with Gasteiger partial charge in [0.1, 0.15) is 6.07 Å². The Kier molecular flexibility index (Phi) is 8.77. The van der Waals surface area contributed by atoms with E-state index < -0.39 is 11.1 Å². The number of hydrogen-bond acceptors (Lipinski definition) is 2. The average molecular weight is 962 g/mol. The summed E-state index contributed by atoms with van der Waals surface area (Å²) in [7, 11) is 0. The SMILES string of the molecule is [C-]#[N+]c1c(-n2c3ccccc3c3cc4c(cc32)c2ccccc2n4-c2ccccc2)c(C#N)c(-n2c3ccccc3c3cc4c(cc32)c2ccccc2n4-c2ccccc2)c2c1C(C)(C)N(c1ccccc1)C2(C)C. The number of nitriles is 1. The lowest BCUT2D eigenvalue weighted by molar-refractivity contribution is 0.403. The molecule has 14 aromatic rings. The van der Waals surface area contributed by atoms with E-state index in [1.165, 1.54) is 0 Å². The Morgan fingerprint density at radius 3 is 1.07 bits per heavy atom. The van der Waals surface area contributed by atoms with Crippen molar-refractivity contribution in [3.8, 4) is 28.8 Å². The quantitative estimate of drug-likeness (QED) is 0.161. The van der Waals surface area contributed by atoms with Crippen LogP contribution < -0.4 is 4.90 Å². The molecule has 0 saturated carbocycles. The second-order valence-corrected chi connectivity index (χ2v) is 21.0. The molecule has 0 unspecified atom stereocenters. The number of nitrogens with zero attached hydrogens (tertiary/aromatic N) is 7. The molecule has 5 heterocycles. The molecule has 7 heteroatoms. The minimum atomic E-state index is -0.734. The summed E-state index contributed by atoms with van der Waals surface area (Å²) in [6, 6.07) is 78.3. The van der Waals surface area contributed by atoms with Crippen molar-refractivity contribution >= 4 is 98.6 Å².